The maximum absolute atomic E-state index is 3.36. The first-order valence-corrected chi connectivity index (χ1v) is 20.7. The number of rotatable bonds is 2. The Morgan fingerprint density at radius 3 is 1.48 bits per heavy atom. The Morgan fingerprint density at radius 1 is 0.389 bits per heavy atom. The topological polar surface area (TPSA) is 0 Å². The first-order valence-electron chi connectivity index (χ1n) is 18.6. The predicted molar refractivity (Wildman–Crippen MR) is 242 cm³/mol. The second kappa shape index (κ2) is 13.9. The van der Waals surface area contributed by atoms with E-state index in [1.807, 2.05) is 11.9 Å². The Balaban J connectivity index is 0.000000735. The summed E-state index contributed by atoms with van der Waals surface area (Å²) in [5, 5.41) is 7.69. The maximum atomic E-state index is 3.36. The lowest BCUT2D eigenvalue weighted by molar-refractivity contribution is 0.795. The largest absolute Gasteiger partial charge is 0.103 e. The Kier molecular flexibility index (Phi) is 8.76. The molecule has 0 amide bonds. The fourth-order valence-electron chi connectivity index (χ4n) is 9.32. The van der Waals surface area contributed by atoms with Gasteiger partial charge in [-0.05, 0) is 123 Å². The van der Waals surface area contributed by atoms with Crippen LogP contribution in [0.25, 0.3) is 76.8 Å². The van der Waals surface area contributed by atoms with Gasteiger partial charge < -0.3 is 0 Å². The maximum Gasteiger partial charge on any atom is 0.0726 e. The second-order valence-electron chi connectivity index (χ2n) is 14.0. The lowest BCUT2D eigenvalue weighted by atomic mass is 9.69. The van der Waals surface area contributed by atoms with Gasteiger partial charge in [-0.15, -0.1) is 6.58 Å². The van der Waals surface area contributed by atoms with Crippen LogP contribution < -0.4 is 0 Å². The molecule has 0 N–H and O–H groups in total. The molecular weight excluding hydrogens is 763 g/mol. The number of hydrogen-bond donors (Lipinski definition) is 0. The summed E-state index contributed by atoms with van der Waals surface area (Å²) in [6, 6.07) is 68.1. The molecule has 11 rings (SSSR count). The molecule has 0 atom stereocenters. The van der Waals surface area contributed by atoms with Gasteiger partial charge in [0.1, 0.15) is 0 Å². The van der Waals surface area contributed by atoms with E-state index < -0.39 is 5.41 Å². The minimum absolute atomic E-state index is 0.457. The quantitative estimate of drug-likeness (QED) is 0.0928. The fraction of sp³-hybridized carbons (Fsp3) is 0.0566. The molecule has 2 aliphatic carbocycles. The van der Waals surface area contributed by atoms with Crippen LogP contribution in [0.2, 0.25) is 0 Å². The van der Waals surface area contributed by atoms with E-state index in [-0.39, 0.29) is 0 Å². The molecule has 1 heteroatoms. The van der Waals surface area contributed by atoms with Crippen LogP contribution in [0.1, 0.15) is 29.2 Å². The number of fused-ring (bicyclic) bond motifs is 14. The van der Waals surface area contributed by atoms with Crippen molar-refractivity contribution in [3.05, 3.63) is 217 Å². The zero-order valence-corrected chi connectivity index (χ0v) is 32.6. The molecule has 0 saturated heterocycles. The van der Waals surface area contributed by atoms with E-state index in [4.69, 9.17) is 0 Å². The molecule has 0 saturated carbocycles. The third kappa shape index (κ3) is 4.95. The monoisotopic (exact) mass is 802 g/mol. The summed E-state index contributed by atoms with van der Waals surface area (Å²) in [4.78, 5) is 1.97. The first-order chi connectivity index (χ1) is 26.7. The van der Waals surface area contributed by atoms with E-state index in [0.717, 1.165) is 0 Å². The van der Waals surface area contributed by atoms with Crippen molar-refractivity contribution < 1.29 is 0 Å². The molecule has 0 heterocycles. The molecule has 0 fully saturated rings. The Hall–Kier alpha value is -5.77. The number of alkyl halides is 1. The van der Waals surface area contributed by atoms with Crippen LogP contribution in [0, 0.1) is 0 Å². The van der Waals surface area contributed by atoms with Gasteiger partial charge >= 0.3 is 0 Å². The lowest BCUT2D eigenvalue weighted by Gasteiger charge is -2.31. The van der Waals surface area contributed by atoms with E-state index in [0.29, 0.717) is 0 Å². The molecule has 1 spiro atoms. The Bertz CT molecular complexity index is 2840. The van der Waals surface area contributed by atoms with Gasteiger partial charge in [-0.3, -0.25) is 0 Å². The van der Waals surface area contributed by atoms with Gasteiger partial charge in [0.25, 0.3) is 0 Å². The van der Waals surface area contributed by atoms with E-state index >= 15 is 0 Å². The first kappa shape index (κ1) is 34.0. The molecule has 258 valence electrons. The highest BCUT2D eigenvalue weighted by molar-refractivity contribution is 14.1. The van der Waals surface area contributed by atoms with Gasteiger partial charge in [-0.25, -0.2) is 0 Å². The van der Waals surface area contributed by atoms with E-state index in [1.54, 1.807) is 6.08 Å². The highest BCUT2D eigenvalue weighted by Crippen LogP contribution is 2.65. The molecule has 0 aromatic heterocycles. The van der Waals surface area contributed by atoms with Crippen molar-refractivity contribution in [3.8, 4) is 44.5 Å². The smallest absolute Gasteiger partial charge is 0.0726 e. The molecule has 0 bridgehead atoms. The molecule has 9 aromatic rings. The van der Waals surface area contributed by atoms with Gasteiger partial charge in [0.2, 0.25) is 0 Å². The summed E-state index contributed by atoms with van der Waals surface area (Å²) in [5.74, 6) is 0. The zero-order valence-electron chi connectivity index (χ0n) is 30.5. The van der Waals surface area contributed by atoms with Crippen LogP contribution in [0.15, 0.2) is 195 Å². The van der Waals surface area contributed by atoms with Crippen molar-refractivity contribution >= 4 is 54.9 Å². The third-order valence-corrected chi connectivity index (χ3v) is 11.3. The summed E-state index contributed by atoms with van der Waals surface area (Å²) in [6.45, 7) is 5.25. The van der Waals surface area contributed by atoms with Crippen molar-refractivity contribution in [2.75, 3.05) is 4.93 Å². The summed E-state index contributed by atoms with van der Waals surface area (Å²) >= 11 is 2.15. The normalized spacial score (nSPS) is 12.6. The van der Waals surface area contributed by atoms with Crippen molar-refractivity contribution in [2.24, 2.45) is 0 Å². The van der Waals surface area contributed by atoms with Gasteiger partial charge in [-0.2, -0.15) is 0 Å². The lowest BCUT2D eigenvalue weighted by Crippen LogP contribution is -2.26. The van der Waals surface area contributed by atoms with Crippen LogP contribution in [-0.2, 0) is 5.41 Å². The van der Waals surface area contributed by atoms with Crippen LogP contribution in [-0.4, -0.2) is 4.93 Å². The number of allylic oxidation sites excluding steroid dienone is 1. The zero-order chi connectivity index (χ0) is 36.8. The van der Waals surface area contributed by atoms with Crippen molar-refractivity contribution in [3.63, 3.8) is 0 Å². The number of hydrogen-bond acceptors (Lipinski definition) is 0. The van der Waals surface area contributed by atoms with Crippen LogP contribution in [0.4, 0.5) is 0 Å². The minimum Gasteiger partial charge on any atom is -0.103 e. The molecular formula is C53H39I. The van der Waals surface area contributed by atoms with E-state index in [1.165, 1.54) is 99.1 Å². The molecule has 9 aromatic carbocycles. The molecule has 54 heavy (non-hydrogen) atoms. The average Bonchev–Trinajstić information content (AvgIpc) is 3.71. The highest BCUT2D eigenvalue weighted by Gasteiger charge is 2.52. The standard InChI is InChI=1S/C49H30.C3H6.CH3I/c1-3-17-34-31(13-1)15-11-23-36(34)33-27-28-42-46(29-33)49(44-25-9-7-20-39(44)40-21-8-10-26-45(40)49)47-30-43(38-19-5-6-22-41(38)48(42)47)37-24-12-16-32-14-2-4-18-35(32)37;1-3-2;1-2/h1-30H;3H,1H2,2H3;1H3. The van der Waals surface area contributed by atoms with Gasteiger partial charge in [0.15, 0.2) is 0 Å². The Morgan fingerprint density at radius 2 is 0.852 bits per heavy atom. The van der Waals surface area contributed by atoms with Crippen LogP contribution in [0.3, 0.4) is 0 Å². The van der Waals surface area contributed by atoms with Crippen molar-refractivity contribution in [2.45, 2.75) is 12.3 Å². The molecule has 0 radical (unpaired) electrons. The van der Waals surface area contributed by atoms with Crippen molar-refractivity contribution in [1.29, 1.82) is 0 Å². The molecule has 0 aliphatic heterocycles. The molecule has 0 nitrogen and oxygen atoms in total. The second-order valence-corrected chi connectivity index (χ2v) is 14.0. The van der Waals surface area contributed by atoms with E-state index in [9.17, 15) is 0 Å². The van der Waals surface area contributed by atoms with E-state index in [2.05, 4.69) is 211 Å². The minimum atomic E-state index is -0.457. The summed E-state index contributed by atoms with van der Waals surface area (Å²) in [6.07, 6.45) is 1.75. The summed E-state index contributed by atoms with van der Waals surface area (Å²) in [7, 11) is 0. The Labute approximate surface area is 331 Å². The predicted octanol–water partition coefficient (Wildman–Crippen LogP) is 15.1. The van der Waals surface area contributed by atoms with Gasteiger partial charge in [-0.1, -0.05) is 199 Å². The summed E-state index contributed by atoms with van der Waals surface area (Å²) < 4.78 is 0. The fourth-order valence-corrected chi connectivity index (χ4v) is 9.32. The molecule has 0 unspecified atom stereocenters. The SMILES string of the molecule is C=CC.CI.c1ccc2c(c1)-c1ccccc1C21c2cc(-c3cccc4ccccc34)ccc2-c2c1cc(-c1cccc3ccccc13)c1ccccc21. The van der Waals surface area contributed by atoms with Crippen LogP contribution in [0.5, 0.6) is 0 Å². The molecule has 2 aliphatic rings. The van der Waals surface area contributed by atoms with Gasteiger partial charge in [0.05, 0.1) is 5.41 Å². The third-order valence-electron chi connectivity index (χ3n) is 11.3. The average molecular weight is 803 g/mol. The highest BCUT2D eigenvalue weighted by atomic mass is 127. The summed E-state index contributed by atoms with van der Waals surface area (Å²) in [5.41, 5.74) is 15.4. The van der Waals surface area contributed by atoms with Crippen LogP contribution >= 0.6 is 22.6 Å². The van der Waals surface area contributed by atoms with Gasteiger partial charge in [0, 0.05) is 0 Å². The number of halogens is 1. The van der Waals surface area contributed by atoms with Crippen molar-refractivity contribution in [1.82, 2.24) is 0 Å². The number of benzene rings is 9.